The SMILES string of the molecule is CC(C)n1nc(-c2cccc(C(F)(F)F)n2)cc1[C@H]1CC[C@@H](N2CCC3(CC2)CS(=O)(=O)C3)C1. The maximum Gasteiger partial charge on any atom is 0.433 e. The van der Waals surface area contributed by atoms with E-state index in [9.17, 15) is 21.6 Å². The van der Waals surface area contributed by atoms with Crippen molar-refractivity contribution in [2.24, 2.45) is 5.41 Å². The number of aromatic nitrogens is 3. The molecule has 2 aromatic heterocycles. The molecule has 2 atom stereocenters. The lowest BCUT2D eigenvalue weighted by molar-refractivity contribution is -0.141. The molecule has 6 nitrogen and oxygen atoms in total. The highest BCUT2D eigenvalue weighted by Gasteiger charge is 2.50. The zero-order valence-corrected chi connectivity index (χ0v) is 20.4. The Morgan fingerprint density at radius 3 is 2.41 bits per heavy atom. The first-order chi connectivity index (χ1) is 15.9. The Labute approximate surface area is 198 Å². The number of likely N-dealkylation sites (tertiary alicyclic amines) is 1. The van der Waals surface area contributed by atoms with Crippen molar-refractivity contribution in [3.63, 3.8) is 0 Å². The lowest BCUT2D eigenvalue weighted by Crippen LogP contribution is -2.55. The highest BCUT2D eigenvalue weighted by molar-refractivity contribution is 7.92. The third kappa shape index (κ3) is 4.51. The Hall–Kier alpha value is -1.94. The molecule has 5 rings (SSSR count). The normalized spacial score (nSPS) is 26.8. The van der Waals surface area contributed by atoms with Crippen LogP contribution < -0.4 is 0 Å². The van der Waals surface area contributed by atoms with Crippen LogP contribution in [0.15, 0.2) is 24.3 Å². The van der Waals surface area contributed by atoms with Gasteiger partial charge in [-0.3, -0.25) is 4.68 Å². The van der Waals surface area contributed by atoms with Gasteiger partial charge in [-0.2, -0.15) is 18.3 Å². The number of sulfone groups is 1. The van der Waals surface area contributed by atoms with Crippen LogP contribution in [0.1, 0.15) is 69.3 Å². The molecule has 4 heterocycles. The van der Waals surface area contributed by atoms with Crippen molar-refractivity contribution in [3.8, 4) is 11.4 Å². The van der Waals surface area contributed by atoms with Gasteiger partial charge in [-0.25, -0.2) is 13.4 Å². The molecular formula is C24H31F3N4O2S. The molecule has 2 aliphatic heterocycles. The highest BCUT2D eigenvalue weighted by Crippen LogP contribution is 2.45. The van der Waals surface area contributed by atoms with E-state index in [4.69, 9.17) is 0 Å². The second-order valence-electron chi connectivity index (χ2n) is 10.6. The molecule has 3 fully saturated rings. The molecule has 2 aromatic rings. The summed E-state index contributed by atoms with van der Waals surface area (Å²) < 4.78 is 64.7. The van der Waals surface area contributed by atoms with Crippen molar-refractivity contribution in [2.45, 2.75) is 70.1 Å². The molecule has 1 spiro atoms. The third-order valence-electron chi connectivity index (χ3n) is 7.81. The van der Waals surface area contributed by atoms with Crippen molar-refractivity contribution in [2.75, 3.05) is 24.6 Å². The molecular weight excluding hydrogens is 465 g/mol. The fourth-order valence-electron chi connectivity index (χ4n) is 6.09. The van der Waals surface area contributed by atoms with Gasteiger partial charge in [-0.15, -0.1) is 0 Å². The van der Waals surface area contributed by atoms with E-state index in [-0.39, 0.29) is 17.2 Å². The number of alkyl halides is 3. The van der Waals surface area contributed by atoms with Gasteiger partial charge in [0.05, 0.1) is 17.2 Å². The lowest BCUT2D eigenvalue weighted by Gasteiger charge is -2.48. The Morgan fingerprint density at radius 2 is 1.79 bits per heavy atom. The molecule has 1 aliphatic carbocycles. The van der Waals surface area contributed by atoms with E-state index in [1.807, 2.05) is 24.6 Å². The number of hydrogen-bond acceptors (Lipinski definition) is 5. The Balaban J connectivity index is 1.31. The topological polar surface area (TPSA) is 68.1 Å². The molecule has 3 aliphatic rings. The van der Waals surface area contributed by atoms with Gasteiger partial charge in [-0.05, 0) is 77.2 Å². The van der Waals surface area contributed by atoms with Crippen LogP contribution >= 0.6 is 0 Å². The van der Waals surface area contributed by atoms with E-state index < -0.39 is 21.7 Å². The number of pyridine rings is 1. The predicted octanol–water partition coefficient (Wildman–Crippen LogP) is 4.69. The average Bonchev–Trinajstić information content (AvgIpc) is 3.40. The van der Waals surface area contributed by atoms with Crippen LogP contribution in [0.25, 0.3) is 11.4 Å². The van der Waals surface area contributed by atoms with Crippen LogP contribution in [0, 0.1) is 5.41 Å². The van der Waals surface area contributed by atoms with E-state index in [1.165, 1.54) is 6.07 Å². The van der Waals surface area contributed by atoms with Gasteiger partial charge in [0.2, 0.25) is 0 Å². The van der Waals surface area contributed by atoms with Gasteiger partial charge < -0.3 is 4.90 Å². The largest absolute Gasteiger partial charge is 0.433 e. The molecule has 0 amide bonds. The fourth-order valence-corrected chi connectivity index (χ4v) is 8.45. The van der Waals surface area contributed by atoms with Crippen LogP contribution in [0.3, 0.4) is 0 Å². The average molecular weight is 497 g/mol. The summed E-state index contributed by atoms with van der Waals surface area (Å²) in [6.07, 6.45) is 0.463. The number of piperidine rings is 1. The summed E-state index contributed by atoms with van der Waals surface area (Å²) in [6.45, 7) is 5.94. The van der Waals surface area contributed by atoms with Gasteiger partial charge in [0.15, 0.2) is 9.84 Å². The molecule has 0 radical (unpaired) electrons. The first kappa shape index (κ1) is 23.8. The second-order valence-corrected chi connectivity index (χ2v) is 12.7. The van der Waals surface area contributed by atoms with Crippen LogP contribution in [0.2, 0.25) is 0 Å². The summed E-state index contributed by atoms with van der Waals surface area (Å²) in [6, 6.07) is 6.39. The molecule has 10 heteroatoms. The molecule has 0 aromatic carbocycles. The first-order valence-corrected chi connectivity index (χ1v) is 13.9. The number of halogens is 3. The highest BCUT2D eigenvalue weighted by atomic mass is 32.2. The van der Waals surface area contributed by atoms with Crippen LogP contribution in [0.5, 0.6) is 0 Å². The summed E-state index contributed by atoms with van der Waals surface area (Å²) in [5, 5.41) is 4.65. The Bertz CT molecular complexity index is 1150. The van der Waals surface area contributed by atoms with Crippen LogP contribution in [0.4, 0.5) is 13.2 Å². The fraction of sp³-hybridized carbons (Fsp3) is 0.667. The summed E-state index contributed by atoms with van der Waals surface area (Å²) >= 11 is 0. The Morgan fingerprint density at radius 1 is 1.09 bits per heavy atom. The standard InChI is InChI=1S/C24H31F3N4O2S/c1-16(2)31-21(13-20(29-31)19-4-3-5-22(28-19)24(25,26)27)17-6-7-18(12-17)30-10-8-23(9-11-30)14-34(32,33)15-23/h3-5,13,16-18H,6-12,14-15H2,1-2H3/t17-,18+/m0/s1. The minimum atomic E-state index is -4.49. The van der Waals surface area contributed by atoms with Gasteiger partial charge in [-0.1, -0.05) is 6.07 Å². The lowest BCUT2D eigenvalue weighted by atomic mass is 9.80. The smallest absolute Gasteiger partial charge is 0.300 e. The van der Waals surface area contributed by atoms with E-state index in [0.717, 1.165) is 57.0 Å². The first-order valence-electron chi connectivity index (χ1n) is 12.0. The predicted molar refractivity (Wildman–Crippen MR) is 123 cm³/mol. The quantitative estimate of drug-likeness (QED) is 0.614. The monoisotopic (exact) mass is 496 g/mol. The van der Waals surface area contributed by atoms with Crippen molar-refractivity contribution < 1.29 is 21.6 Å². The summed E-state index contributed by atoms with van der Waals surface area (Å²) in [5.74, 6) is 0.988. The summed E-state index contributed by atoms with van der Waals surface area (Å²) in [5.41, 5.74) is 0.876. The van der Waals surface area contributed by atoms with Gasteiger partial charge in [0.25, 0.3) is 0 Å². The molecule has 2 saturated heterocycles. The van der Waals surface area contributed by atoms with Gasteiger partial charge in [0.1, 0.15) is 11.4 Å². The van der Waals surface area contributed by atoms with Gasteiger partial charge >= 0.3 is 6.18 Å². The molecule has 186 valence electrons. The van der Waals surface area contributed by atoms with E-state index in [1.54, 1.807) is 6.07 Å². The van der Waals surface area contributed by atoms with Crippen molar-refractivity contribution in [1.29, 1.82) is 0 Å². The third-order valence-corrected chi connectivity index (χ3v) is 9.91. The zero-order chi connectivity index (χ0) is 24.3. The molecule has 34 heavy (non-hydrogen) atoms. The molecule has 0 unspecified atom stereocenters. The zero-order valence-electron chi connectivity index (χ0n) is 19.6. The molecule has 0 N–H and O–H groups in total. The number of hydrogen-bond donors (Lipinski definition) is 0. The van der Waals surface area contributed by atoms with E-state index >= 15 is 0 Å². The number of nitrogens with zero attached hydrogens (tertiary/aromatic N) is 4. The maximum atomic E-state index is 13.2. The van der Waals surface area contributed by atoms with Crippen molar-refractivity contribution in [3.05, 3.63) is 35.7 Å². The summed E-state index contributed by atoms with van der Waals surface area (Å²) in [7, 11) is -2.81. The minimum absolute atomic E-state index is 0.0104. The molecule has 0 bridgehead atoms. The van der Waals surface area contributed by atoms with Crippen LogP contribution in [-0.2, 0) is 16.0 Å². The van der Waals surface area contributed by atoms with Gasteiger partial charge in [0, 0.05) is 29.1 Å². The number of rotatable bonds is 4. The van der Waals surface area contributed by atoms with Crippen LogP contribution in [-0.4, -0.2) is 58.7 Å². The van der Waals surface area contributed by atoms with Crippen molar-refractivity contribution in [1.82, 2.24) is 19.7 Å². The minimum Gasteiger partial charge on any atom is -0.300 e. The Kier molecular flexibility index (Phi) is 5.82. The molecule has 1 saturated carbocycles. The van der Waals surface area contributed by atoms with E-state index in [2.05, 4.69) is 15.0 Å². The maximum absolute atomic E-state index is 13.2. The van der Waals surface area contributed by atoms with E-state index in [0.29, 0.717) is 29.2 Å². The second kappa shape index (κ2) is 8.33. The van der Waals surface area contributed by atoms with Crippen molar-refractivity contribution >= 4 is 9.84 Å². The summed E-state index contributed by atoms with van der Waals surface area (Å²) in [4.78, 5) is 6.34.